The molecule has 1 aliphatic carbocycles. The Labute approximate surface area is 301 Å². The fourth-order valence-corrected chi connectivity index (χ4v) is 10.4. The van der Waals surface area contributed by atoms with E-state index in [0.717, 1.165) is 61.8 Å². The number of ether oxygens (including phenoxy) is 1. The van der Waals surface area contributed by atoms with Gasteiger partial charge >= 0.3 is 12.1 Å². The van der Waals surface area contributed by atoms with E-state index in [-0.39, 0.29) is 35.4 Å². The first-order valence-electron chi connectivity index (χ1n) is 18.7. The Morgan fingerprint density at radius 1 is 0.863 bits per heavy atom. The maximum absolute atomic E-state index is 14.1. The maximum Gasteiger partial charge on any atom is 0.410 e. The number of aromatic hydroxyl groups is 1. The molecule has 0 aromatic heterocycles. The lowest BCUT2D eigenvalue weighted by molar-refractivity contribution is -0.142. The van der Waals surface area contributed by atoms with Crippen molar-refractivity contribution < 1.29 is 32.6 Å². The maximum atomic E-state index is 14.1. The molecule has 1 saturated carbocycles. The third kappa shape index (κ3) is 8.01. The number of sulfonamides is 1. The van der Waals surface area contributed by atoms with E-state index in [0.29, 0.717) is 76.0 Å². The number of likely N-dealkylation sites (tertiary alicyclic amines) is 2. The molecule has 7 rings (SSSR count). The third-order valence-electron chi connectivity index (χ3n) is 11.8. The summed E-state index contributed by atoms with van der Waals surface area (Å²) >= 11 is 0. The molecule has 0 spiro atoms. The van der Waals surface area contributed by atoms with Gasteiger partial charge in [0.25, 0.3) is 5.91 Å². The summed E-state index contributed by atoms with van der Waals surface area (Å²) in [5, 5.41) is 13.0. The Kier molecular flexibility index (Phi) is 10.5. The lowest BCUT2D eigenvalue weighted by atomic mass is 9.79. The first-order valence-corrected chi connectivity index (χ1v) is 20.2. The van der Waals surface area contributed by atoms with Crippen molar-refractivity contribution in [2.75, 3.05) is 51.1 Å². The number of phenols is 1. The van der Waals surface area contributed by atoms with Crippen molar-refractivity contribution in [1.29, 1.82) is 0 Å². The number of para-hydroxylation sites is 1. The number of piperidine rings is 3. The van der Waals surface area contributed by atoms with Crippen LogP contribution in [0, 0.1) is 11.8 Å². The van der Waals surface area contributed by atoms with Crippen LogP contribution in [0.3, 0.4) is 0 Å². The van der Waals surface area contributed by atoms with E-state index in [4.69, 9.17) is 4.74 Å². The molecule has 5 aliphatic rings. The predicted octanol–water partition coefficient (Wildman–Crippen LogP) is 2.70. The highest BCUT2D eigenvalue weighted by Crippen LogP contribution is 2.37. The summed E-state index contributed by atoms with van der Waals surface area (Å²) in [5.74, 6) is 0.831. The van der Waals surface area contributed by atoms with Crippen LogP contribution in [0.15, 0.2) is 42.5 Å². The number of carbonyl (C=O) groups is 3. The van der Waals surface area contributed by atoms with Crippen LogP contribution >= 0.6 is 0 Å². The van der Waals surface area contributed by atoms with E-state index in [2.05, 4.69) is 5.32 Å². The van der Waals surface area contributed by atoms with Gasteiger partial charge in [0.2, 0.25) is 10.0 Å². The minimum absolute atomic E-state index is 0.00287. The van der Waals surface area contributed by atoms with Crippen molar-refractivity contribution in [2.24, 2.45) is 11.8 Å². The number of rotatable bonds is 8. The second kappa shape index (κ2) is 15.1. The number of nitrogens with zero attached hydrogens (tertiary/aromatic N) is 4. The van der Waals surface area contributed by atoms with Crippen molar-refractivity contribution in [2.45, 2.75) is 81.6 Å². The summed E-state index contributed by atoms with van der Waals surface area (Å²) in [6.45, 7) is 3.77. The van der Waals surface area contributed by atoms with Crippen molar-refractivity contribution in [3.63, 3.8) is 0 Å². The number of anilines is 1. The van der Waals surface area contributed by atoms with Crippen molar-refractivity contribution in [3.8, 4) is 5.75 Å². The van der Waals surface area contributed by atoms with Gasteiger partial charge in [0.15, 0.2) is 6.10 Å². The summed E-state index contributed by atoms with van der Waals surface area (Å²) in [4.78, 5) is 46.1. The second-order valence-electron chi connectivity index (χ2n) is 15.1. The summed E-state index contributed by atoms with van der Waals surface area (Å²) in [7, 11) is -1.34. The molecule has 12 nitrogen and oxygen atoms in total. The SMILES string of the molecule is Bc1cc(C[C@@H](OC(=O)N2CCC(N3CCc4ccccc4NC3=O)CC2)C(=O)N2CCC(C3CCN(S(=O)(=O)C4CC4)CC3)CC2)ccc1O. The zero-order valence-corrected chi connectivity index (χ0v) is 30.4. The van der Waals surface area contributed by atoms with E-state index in [1.807, 2.05) is 40.1 Å². The molecule has 0 radical (unpaired) electrons. The van der Waals surface area contributed by atoms with Gasteiger partial charge in [-0.3, -0.25) is 4.79 Å². The fourth-order valence-electron chi connectivity index (χ4n) is 8.51. The van der Waals surface area contributed by atoms with Gasteiger partial charge in [0, 0.05) is 64.0 Å². The van der Waals surface area contributed by atoms with Crippen LogP contribution in [0.25, 0.3) is 0 Å². The summed E-state index contributed by atoms with van der Waals surface area (Å²) in [6, 6.07) is 12.9. The first-order chi connectivity index (χ1) is 24.6. The molecule has 0 bridgehead atoms. The smallest absolute Gasteiger partial charge is 0.410 e. The highest BCUT2D eigenvalue weighted by atomic mass is 32.2. The lowest BCUT2D eigenvalue weighted by Crippen LogP contribution is -2.52. The largest absolute Gasteiger partial charge is 0.509 e. The van der Waals surface area contributed by atoms with Crippen LogP contribution in [-0.2, 0) is 32.4 Å². The van der Waals surface area contributed by atoms with E-state index >= 15 is 0 Å². The average molecular weight is 720 g/mol. The number of urea groups is 1. The van der Waals surface area contributed by atoms with Gasteiger partial charge in [0.1, 0.15) is 13.6 Å². The van der Waals surface area contributed by atoms with E-state index in [1.54, 1.807) is 29.2 Å². The highest BCUT2D eigenvalue weighted by Gasteiger charge is 2.42. The number of fused-ring (bicyclic) bond motifs is 1. The zero-order valence-electron chi connectivity index (χ0n) is 29.5. The minimum Gasteiger partial charge on any atom is -0.509 e. The molecule has 4 fully saturated rings. The normalized spacial score (nSPS) is 22.2. The number of hydrogen-bond acceptors (Lipinski definition) is 7. The van der Waals surface area contributed by atoms with E-state index in [9.17, 15) is 27.9 Å². The molecule has 2 aromatic rings. The van der Waals surface area contributed by atoms with Gasteiger partial charge in [-0.05, 0) is 98.3 Å². The Morgan fingerprint density at radius 2 is 1.51 bits per heavy atom. The molecule has 4 amide bonds. The lowest BCUT2D eigenvalue weighted by Gasteiger charge is -2.41. The Hall–Kier alpha value is -3.78. The van der Waals surface area contributed by atoms with Crippen LogP contribution < -0.4 is 10.8 Å². The fraction of sp³-hybridized carbons (Fsp3) is 0.595. The molecule has 51 heavy (non-hydrogen) atoms. The number of benzene rings is 2. The van der Waals surface area contributed by atoms with Crippen LogP contribution in [0.2, 0.25) is 0 Å². The highest BCUT2D eigenvalue weighted by molar-refractivity contribution is 7.90. The zero-order chi connectivity index (χ0) is 35.7. The van der Waals surface area contributed by atoms with E-state index < -0.39 is 22.2 Å². The van der Waals surface area contributed by atoms with E-state index in [1.165, 1.54) is 0 Å². The topological polar surface area (TPSA) is 140 Å². The van der Waals surface area contributed by atoms with Crippen molar-refractivity contribution in [1.82, 2.24) is 19.0 Å². The molecule has 14 heteroatoms. The standard InChI is InChI=1S/C37H50BN5O7S/c38-31-23-25(5-8-33(31)44)24-34(35(45)40-16-9-26(10-17-40)27-11-20-42(21-12-27)51(48,49)30-6-7-30)50-37(47)41-18-14-29(15-19-41)43-22-13-28-3-1-2-4-32(28)39-36(43)46/h1-5,8,23,26-27,29-30,34,44H,6-7,9-22,24,38H2,(H,39,46)/t34-/m1/s1. The monoisotopic (exact) mass is 719 g/mol. The minimum atomic E-state index is -3.14. The Morgan fingerprint density at radius 3 is 2.18 bits per heavy atom. The van der Waals surface area contributed by atoms with Crippen LogP contribution in [0.4, 0.5) is 15.3 Å². The van der Waals surface area contributed by atoms with Gasteiger partial charge in [-0.1, -0.05) is 30.3 Å². The number of nitrogens with one attached hydrogen (secondary N) is 1. The quantitative estimate of drug-likeness (QED) is 0.400. The summed E-state index contributed by atoms with van der Waals surface area (Å²) in [6.07, 6.45) is 5.62. The number of carbonyl (C=O) groups excluding carboxylic acids is 3. The molecule has 2 N–H and O–H groups in total. The molecular formula is C37H50BN5O7S. The van der Waals surface area contributed by atoms with Crippen LogP contribution in [-0.4, -0.2) is 122 Å². The van der Waals surface area contributed by atoms with Crippen molar-refractivity contribution in [3.05, 3.63) is 53.6 Å². The third-order valence-corrected chi connectivity index (χ3v) is 14.2. The molecule has 3 saturated heterocycles. The summed E-state index contributed by atoms with van der Waals surface area (Å²) in [5.41, 5.74) is 3.44. The molecule has 4 aliphatic heterocycles. The van der Waals surface area contributed by atoms with Crippen LogP contribution in [0.1, 0.15) is 62.5 Å². The molecule has 1 atom stereocenters. The van der Waals surface area contributed by atoms with Gasteiger partial charge in [0.05, 0.1) is 5.25 Å². The Balaban J connectivity index is 0.945. The molecule has 0 unspecified atom stereocenters. The first kappa shape index (κ1) is 35.6. The van der Waals surface area contributed by atoms with Gasteiger partial charge in [-0.25, -0.2) is 22.3 Å². The van der Waals surface area contributed by atoms with Gasteiger partial charge in [-0.2, -0.15) is 0 Å². The van der Waals surface area contributed by atoms with Gasteiger partial charge < -0.3 is 29.9 Å². The van der Waals surface area contributed by atoms with Crippen LogP contribution in [0.5, 0.6) is 5.75 Å². The Bertz CT molecular complexity index is 1720. The molecular weight excluding hydrogens is 669 g/mol. The number of phenolic OH excluding ortho intramolecular Hbond substituents is 1. The second-order valence-corrected chi connectivity index (χ2v) is 17.3. The number of amides is 4. The van der Waals surface area contributed by atoms with Gasteiger partial charge in [-0.15, -0.1) is 0 Å². The average Bonchev–Trinajstić information content (AvgIpc) is 4.01. The predicted molar refractivity (Wildman–Crippen MR) is 196 cm³/mol. The number of hydrogen-bond donors (Lipinski definition) is 2. The molecule has 4 heterocycles. The molecule has 274 valence electrons. The summed E-state index contributed by atoms with van der Waals surface area (Å²) < 4.78 is 33.1. The molecule has 2 aromatic carbocycles. The van der Waals surface area contributed by atoms with Crippen molar-refractivity contribution >= 4 is 47.1 Å².